The number of aliphatic hydroxyl groups excluding tert-OH is 1. The second-order valence-corrected chi connectivity index (χ2v) is 4.25. The predicted molar refractivity (Wildman–Crippen MR) is 63.1 cm³/mol. The quantitative estimate of drug-likeness (QED) is 0.865. The first-order valence-corrected chi connectivity index (χ1v) is 5.43. The lowest BCUT2D eigenvalue weighted by Gasteiger charge is -2.12. The van der Waals surface area contributed by atoms with Gasteiger partial charge in [-0.15, -0.1) is 0 Å². The third-order valence-electron chi connectivity index (χ3n) is 2.83. The molecule has 90 valence electrons. The molecule has 1 N–H and O–H groups in total. The van der Waals surface area contributed by atoms with Gasteiger partial charge in [0.1, 0.15) is 11.9 Å². The van der Waals surface area contributed by atoms with E-state index in [4.69, 9.17) is 0 Å². The first-order chi connectivity index (χ1) is 7.99. The van der Waals surface area contributed by atoms with Crippen molar-refractivity contribution in [2.45, 2.75) is 20.0 Å². The number of aryl methyl sites for hydroxylation is 3. The van der Waals surface area contributed by atoms with Crippen molar-refractivity contribution in [3.63, 3.8) is 0 Å². The van der Waals surface area contributed by atoms with E-state index in [1.165, 1.54) is 6.07 Å². The molecule has 1 aromatic carbocycles. The van der Waals surface area contributed by atoms with Gasteiger partial charge in [-0.25, -0.2) is 4.39 Å². The minimum Gasteiger partial charge on any atom is -0.382 e. The molecule has 0 saturated heterocycles. The van der Waals surface area contributed by atoms with Crippen LogP contribution in [0.3, 0.4) is 0 Å². The highest BCUT2D eigenvalue weighted by Gasteiger charge is 2.16. The Kier molecular flexibility index (Phi) is 2.98. The van der Waals surface area contributed by atoms with Gasteiger partial charge in [0.25, 0.3) is 0 Å². The highest BCUT2D eigenvalue weighted by Crippen LogP contribution is 2.23. The number of hydrogen-bond donors (Lipinski definition) is 1. The summed E-state index contributed by atoms with van der Waals surface area (Å²) < 4.78 is 15.0. The zero-order valence-electron chi connectivity index (χ0n) is 10.1. The summed E-state index contributed by atoms with van der Waals surface area (Å²) in [7, 11) is 1.76. The highest BCUT2D eigenvalue weighted by molar-refractivity contribution is 5.30. The number of hydrogen-bond acceptors (Lipinski definition) is 2. The van der Waals surface area contributed by atoms with Gasteiger partial charge in [-0.2, -0.15) is 5.10 Å². The number of rotatable bonds is 2. The van der Waals surface area contributed by atoms with E-state index in [2.05, 4.69) is 5.10 Å². The van der Waals surface area contributed by atoms with Crippen molar-refractivity contribution in [2.24, 2.45) is 7.05 Å². The first kappa shape index (κ1) is 11.8. The first-order valence-electron chi connectivity index (χ1n) is 5.43. The smallest absolute Gasteiger partial charge is 0.126 e. The highest BCUT2D eigenvalue weighted by atomic mass is 19.1. The monoisotopic (exact) mass is 234 g/mol. The van der Waals surface area contributed by atoms with Gasteiger partial charge in [-0.3, -0.25) is 4.68 Å². The number of aromatic nitrogens is 2. The van der Waals surface area contributed by atoms with Crippen molar-refractivity contribution in [3.8, 4) is 0 Å². The minimum absolute atomic E-state index is 0.305. The van der Waals surface area contributed by atoms with E-state index in [1.807, 2.05) is 6.92 Å². The average molecular weight is 234 g/mol. The van der Waals surface area contributed by atoms with E-state index in [0.29, 0.717) is 16.8 Å². The van der Waals surface area contributed by atoms with Crippen LogP contribution in [0.25, 0.3) is 0 Å². The van der Waals surface area contributed by atoms with Gasteiger partial charge in [-0.05, 0) is 37.1 Å². The van der Waals surface area contributed by atoms with E-state index in [1.54, 1.807) is 36.9 Å². The van der Waals surface area contributed by atoms with Crippen LogP contribution in [0.2, 0.25) is 0 Å². The molecule has 0 aliphatic carbocycles. The fraction of sp³-hybridized carbons (Fsp3) is 0.308. The minimum atomic E-state index is -0.851. The van der Waals surface area contributed by atoms with E-state index >= 15 is 0 Å². The van der Waals surface area contributed by atoms with Gasteiger partial charge in [0, 0.05) is 7.05 Å². The number of aliphatic hydroxyl groups is 1. The van der Waals surface area contributed by atoms with Crippen LogP contribution < -0.4 is 0 Å². The molecular formula is C13H15FN2O. The molecule has 0 fully saturated rings. The standard InChI is InChI=1S/C13H15FN2O/c1-8-4-5-10(7-11(8)14)13(17)12-6-9(2)15-16(12)3/h4-7,13,17H,1-3H3. The lowest BCUT2D eigenvalue weighted by molar-refractivity contribution is 0.209. The normalized spacial score (nSPS) is 12.8. The molecule has 2 rings (SSSR count). The Morgan fingerprint density at radius 2 is 2.00 bits per heavy atom. The van der Waals surface area contributed by atoms with Crippen LogP contribution in [0.5, 0.6) is 0 Å². The fourth-order valence-corrected chi connectivity index (χ4v) is 1.84. The summed E-state index contributed by atoms with van der Waals surface area (Å²) in [4.78, 5) is 0. The molecule has 0 amide bonds. The molecule has 17 heavy (non-hydrogen) atoms. The molecule has 0 radical (unpaired) electrons. The molecule has 0 bridgehead atoms. The van der Waals surface area contributed by atoms with Crippen LogP contribution in [-0.2, 0) is 7.05 Å². The maximum absolute atomic E-state index is 13.4. The van der Waals surface area contributed by atoms with Crippen LogP contribution in [0, 0.1) is 19.7 Å². The summed E-state index contributed by atoms with van der Waals surface area (Å²) in [6, 6.07) is 6.55. The van der Waals surface area contributed by atoms with E-state index in [0.717, 1.165) is 5.69 Å². The summed E-state index contributed by atoms with van der Waals surface area (Å²) in [6.07, 6.45) is -0.851. The molecule has 1 atom stereocenters. The van der Waals surface area contributed by atoms with Crippen molar-refractivity contribution < 1.29 is 9.50 Å². The largest absolute Gasteiger partial charge is 0.382 e. The van der Waals surface area contributed by atoms with Crippen LogP contribution in [-0.4, -0.2) is 14.9 Å². The lowest BCUT2D eigenvalue weighted by Crippen LogP contribution is -2.07. The molecule has 1 aromatic heterocycles. The third kappa shape index (κ3) is 2.22. The summed E-state index contributed by atoms with van der Waals surface area (Å²) in [5, 5.41) is 14.3. The van der Waals surface area contributed by atoms with Crippen molar-refractivity contribution in [3.05, 3.63) is 52.6 Å². The van der Waals surface area contributed by atoms with E-state index in [9.17, 15) is 9.50 Å². The predicted octanol–water partition coefficient (Wildman–Crippen LogP) is 2.26. The molecular weight excluding hydrogens is 219 g/mol. The molecule has 0 saturated carbocycles. The van der Waals surface area contributed by atoms with Gasteiger partial charge >= 0.3 is 0 Å². The van der Waals surface area contributed by atoms with Crippen molar-refractivity contribution in [1.82, 2.24) is 9.78 Å². The zero-order valence-corrected chi connectivity index (χ0v) is 10.1. The van der Waals surface area contributed by atoms with E-state index < -0.39 is 6.10 Å². The molecule has 1 unspecified atom stereocenters. The summed E-state index contributed by atoms with van der Waals surface area (Å²) in [5.74, 6) is -0.305. The van der Waals surface area contributed by atoms with E-state index in [-0.39, 0.29) is 5.82 Å². The fourth-order valence-electron chi connectivity index (χ4n) is 1.84. The Bertz CT molecular complexity index is 548. The summed E-state index contributed by atoms with van der Waals surface area (Å²) in [6.45, 7) is 3.55. The summed E-state index contributed by atoms with van der Waals surface area (Å²) in [5.41, 5.74) is 2.60. The van der Waals surface area contributed by atoms with Gasteiger partial charge < -0.3 is 5.11 Å². The zero-order chi connectivity index (χ0) is 12.6. The van der Waals surface area contributed by atoms with Crippen LogP contribution >= 0.6 is 0 Å². The maximum Gasteiger partial charge on any atom is 0.126 e. The Balaban J connectivity index is 2.40. The van der Waals surface area contributed by atoms with Gasteiger partial charge in [-0.1, -0.05) is 12.1 Å². The van der Waals surface area contributed by atoms with Gasteiger partial charge in [0.15, 0.2) is 0 Å². The molecule has 1 heterocycles. The number of benzene rings is 1. The number of nitrogens with zero attached hydrogens (tertiary/aromatic N) is 2. The van der Waals surface area contributed by atoms with Crippen molar-refractivity contribution in [1.29, 1.82) is 0 Å². The molecule has 0 aliphatic rings. The van der Waals surface area contributed by atoms with Crippen LogP contribution in [0.1, 0.15) is 28.6 Å². The van der Waals surface area contributed by atoms with Gasteiger partial charge in [0.05, 0.1) is 11.4 Å². The summed E-state index contributed by atoms with van der Waals surface area (Å²) >= 11 is 0. The molecule has 4 heteroatoms. The van der Waals surface area contributed by atoms with Gasteiger partial charge in [0.2, 0.25) is 0 Å². The lowest BCUT2D eigenvalue weighted by atomic mass is 10.0. The maximum atomic E-state index is 13.4. The second-order valence-electron chi connectivity index (χ2n) is 4.25. The Hall–Kier alpha value is -1.68. The molecule has 2 aromatic rings. The van der Waals surface area contributed by atoms with Crippen molar-refractivity contribution >= 4 is 0 Å². The second kappa shape index (κ2) is 4.30. The molecule has 0 spiro atoms. The SMILES string of the molecule is Cc1cc(C(O)c2ccc(C)c(F)c2)n(C)n1. The van der Waals surface area contributed by atoms with Crippen LogP contribution in [0.15, 0.2) is 24.3 Å². The Morgan fingerprint density at radius 3 is 2.53 bits per heavy atom. The molecule has 0 aliphatic heterocycles. The van der Waals surface area contributed by atoms with Crippen molar-refractivity contribution in [2.75, 3.05) is 0 Å². The Labute approximate surface area is 99.5 Å². The topological polar surface area (TPSA) is 38.0 Å². The Morgan fingerprint density at radius 1 is 1.29 bits per heavy atom. The third-order valence-corrected chi connectivity index (χ3v) is 2.83. The number of halogens is 1. The molecule has 3 nitrogen and oxygen atoms in total. The van der Waals surface area contributed by atoms with Crippen LogP contribution in [0.4, 0.5) is 4.39 Å². The average Bonchev–Trinajstić information content (AvgIpc) is 2.61.